The van der Waals surface area contributed by atoms with E-state index < -0.39 is 11.7 Å². The van der Waals surface area contributed by atoms with Crippen LogP contribution in [-0.4, -0.2) is 51.6 Å². The Kier molecular flexibility index (Phi) is 5.65. The van der Waals surface area contributed by atoms with Crippen LogP contribution in [0.4, 0.5) is 11.5 Å². The lowest BCUT2D eigenvalue weighted by atomic mass is 9.97. The van der Waals surface area contributed by atoms with Gasteiger partial charge in [0, 0.05) is 36.8 Å². The average molecular weight is 435 g/mol. The van der Waals surface area contributed by atoms with E-state index in [4.69, 9.17) is 0 Å². The zero-order chi connectivity index (χ0) is 22.9. The molecule has 4 rings (SSSR count). The van der Waals surface area contributed by atoms with Crippen molar-refractivity contribution in [3.05, 3.63) is 53.7 Å². The van der Waals surface area contributed by atoms with Gasteiger partial charge in [-0.1, -0.05) is 12.1 Å². The zero-order valence-electron chi connectivity index (χ0n) is 18.0. The second-order valence-electron chi connectivity index (χ2n) is 8.20. The van der Waals surface area contributed by atoms with Gasteiger partial charge in [-0.2, -0.15) is 0 Å². The third-order valence-electron chi connectivity index (χ3n) is 6.01. The third kappa shape index (κ3) is 4.18. The molecule has 0 bridgehead atoms. The first-order valence-corrected chi connectivity index (χ1v) is 10.5. The smallest absolute Gasteiger partial charge is 0.256 e. The number of hydrogen-bond donors (Lipinski definition) is 3. The lowest BCUT2D eigenvalue weighted by Gasteiger charge is -2.39. The number of amides is 3. The molecule has 0 aliphatic carbocycles. The number of carbonyl (C=O) groups is 4. The summed E-state index contributed by atoms with van der Waals surface area (Å²) >= 11 is 0. The van der Waals surface area contributed by atoms with Crippen LogP contribution in [0.25, 0.3) is 0 Å². The van der Waals surface area contributed by atoms with Crippen molar-refractivity contribution in [2.45, 2.75) is 44.8 Å². The minimum Gasteiger partial charge on any atom is -0.347 e. The SMILES string of the molecule is CC(=O)c1cccc(NC(=O)[C@H](C)N2CC[C@]3(CCC2=O)NC(=O)c2cccnc2N3)c1. The van der Waals surface area contributed by atoms with E-state index in [2.05, 4.69) is 20.9 Å². The predicted molar refractivity (Wildman–Crippen MR) is 118 cm³/mol. The number of anilines is 2. The minimum atomic E-state index is -0.797. The normalized spacial score (nSPS) is 21.1. The zero-order valence-corrected chi connectivity index (χ0v) is 18.0. The van der Waals surface area contributed by atoms with Crippen molar-refractivity contribution in [3.63, 3.8) is 0 Å². The molecule has 1 spiro atoms. The van der Waals surface area contributed by atoms with E-state index in [1.54, 1.807) is 49.5 Å². The lowest BCUT2D eigenvalue weighted by Crippen LogP contribution is -2.58. The number of nitrogens with one attached hydrogen (secondary N) is 3. The van der Waals surface area contributed by atoms with Crippen LogP contribution >= 0.6 is 0 Å². The maximum absolute atomic E-state index is 12.9. The number of likely N-dealkylation sites (tertiary alicyclic amines) is 1. The average Bonchev–Trinajstić information content (AvgIpc) is 2.92. The number of benzene rings is 1. The number of ketones is 1. The van der Waals surface area contributed by atoms with Gasteiger partial charge in [-0.15, -0.1) is 0 Å². The highest BCUT2D eigenvalue weighted by atomic mass is 16.2. The number of nitrogens with zero attached hydrogens (tertiary/aromatic N) is 2. The van der Waals surface area contributed by atoms with Crippen LogP contribution in [-0.2, 0) is 9.59 Å². The Balaban J connectivity index is 1.47. The fourth-order valence-electron chi connectivity index (χ4n) is 4.12. The van der Waals surface area contributed by atoms with E-state index in [0.29, 0.717) is 35.5 Å². The molecule has 2 atom stereocenters. The number of aromatic nitrogens is 1. The molecule has 9 heteroatoms. The van der Waals surface area contributed by atoms with Crippen molar-refractivity contribution in [3.8, 4) is 0 Å². The maximum atomic E-state index is 12.9. The van der Waals surface area contributed by atoms with Gasteiger partial charge in [0.05, 0.1) is 5.56 Å². The second-order valence-corrected chi connectivity index (χ2v) is 8.20. The summed E-state index contributed by atoms with van der Waals surface area (Å²) < 4.78 is 0. The number of Topliss-reactive ketones (excluding diaryl/α,β-unsaturated/α-hetero) is 1. The van der Waals surface area contributed by atoms with Crippen molar-refractivity contribution in [2.24, 2.45) is 0 Å². The van der Waals surface area contributed by atoms with E-state index in [0.717, 1.165) is 0 Å². The Morgan fingerprint density at radius 2 is 1.97 bits per heavy atom. The molecule has 3 amide bonds. The monoisotopic (exact) mass is 435 g/mol. The molecule has 1 aromatic carbocycles. The van der Waals surface area contributed by atoms with Crippen molar-refractivity contribution >= 4 is 35.0 Å². The first-order chi connectivity index (χ1) is 15.3. The van der Waals surface area contributed by atoms with Gasteiger partial charge < -0.3 is 20.9 Å². The summed E-state index contributed by atoms with van der Waals surface area (Å²) in [6.07, 6.45) is 2.60. The summed E-state index contributed by atoms with van der Waals surface area (Å²) in [5.41, 5.74) is 0.661. The van der Waals surface area contributed by atoms with Gasteiger partial charge >= 0.3 is 0 Å². The number of hydrogen-bond acceptors (Lipinski definition) is 6. The summed E-state index contributed by atoms with van der Waals surface area (Å²) in [4.78, 5) is 55.7. The van der Waals surface area contributed by atoms with Crippen LogP contribution in [0, 0.1) is 0 Å². The van der Waals surface area contributed by atoms with Gasteiger partial charge in [0.2, 0.25) is 11.8 Å². The Bertz CT molecular complexity index is 1100. The molecule has 1 saturated heterocycles. The number of pyridine rings is 1. The highest BCUT2D eigenvalue weighted by Crippen LogP contribution is 2.31. The summed E-state index contributed by atoms with van der Waals surface area (Å²) in [5, 5.41) is 9.07. The van der Waals surface area contributed by atoms with E-state index in [-0.39, 0.29) is 36.5 Å². The molecule has 1 fully saturated rings. The first kappa shape index (κ1) is 21.5. The van der Waals surface area contributed by atoms with Gasteiger partial charge in [0.15, 0.2) is 5.78 Å². The summed E-state index contributed by atoms with van der Waals surface area (Å²) in [5.74, 6) is -0.343. The summed E-state index contributed by atoms with van der Waals surface area (Å²) in [7, 11) is 0. The fourth-order valence-corrected chi connectivity index (χ4v) is 4.12. The van der Waals surface area contributed by atoms with Crippen molar-refractivity contribution < 1.29 is 19.2 Å². The molecule has 3 N–H and O–H groups in total. The van der Waals surface area contributed by atoms with Crippen LogP contribution in [0.15, 0.2) is 42.6 Å². The first-order valence-electron chi connectivity index (χ1n) is 10.5. The fraction of sp³-hybridized carbons (Fsp3) is 0.348. The van der Waals surface area contributed by atoms with Crippen LogP contribution < -0.4 is 16.0 Å². The molecular weight excluding hydrogens is 410 g/mol. The molecule has 9 nitrogen and oxygen atoms in total. The second kappa shape index (κ2) is 8.41. The molecule has 0 saturated carbocycles. The van der Waals surface area contributed by atoms with Gasteiger partial charge in [-0.25, -0.2) is 4.98 Å². The van der Waals surface area contributed by atoms with Gasteiger partial charge in [0.25, 0.3) is 5.91 Å². The van der Waals surface area contributed by atoms with E-state index in [9.17, 15) is 19.2 Å². The van der Waals surface area contributed by atoms with Crippen LogP contribution in [0.5, 0.6) is 0 Å². The maximum Gasteiger partial charge on any atom is 0.256 e. The quantitative estimate of drug-likeness (QED) is 0.633. The Labute approximate surface area is 185 Å². The minimum absolute atomic E-state index is 0.0970. The van der Waals surface area contributed by atoms with Crippen molar-refractivity contribution in [2.75, 3.05) is 17.2 Å². The van der Waals surface area contributed by atoms with Crippen molar-refractivity contribution in [1.82, 2.24) is 15.2 Å². The van der Waals surface area contributed by atoms with Crippen LogP contribution in [0.2, 0.25) is 0 Å². The Morgan fingerprint density at radius 3 is 2.75 bits per heavy atom. The number of fused-ring (bicyclic) bond motifs is 1. The molecule has 32 heavy (non-hydrogen) atoms. The van der Waals surface area contributed by atoms with Crippen LogP contribution in [0.1, 0.15) is 53.8 Å². The van der Waals surface area contributed by atoms with Gasteiger partial charge in [0.1, 0.15) is 17.5 Å². The number of carbonyl (C=O) groups excluding carboxylic acids is 4. The van der Waals surface area contributed by atoms with E-state index >= 15 is 0 Å². The summed E-state index contributed by atoms with van der Waals surface area (Å²) in [6, 6.07) is 9.35. The number of rotatable bonds is 4. The van der Waals surface area contributed by atoms with E-state index in [1.807, 2.05) is 0 Å². The molecule has 2 aliphatic heterocycles. The highest BCUT2D eigenvalue weighted by molar-refractivity contribution is 6.01. The Morgan fingerprint density at radius 1 is 1.16 bits per heavy atom. The molecule has 3 heterocycles. The topological polar surface area (TPSA) is 121 Å². The van der Waals surface area contributed by atoms with Crippen LogP contribution in [0.3, 0.4) is 0 Å². The summed E-state index contributed by atoms with van der Waals surface area (Å²) in [6.45, 7) is 3.42. The van der Waals surface area contributed by atoms with Crippen molar-refractivity contribution in [1.29, 1.82) is 0 Å². The molecular formula is C23H25N5O4. The molecule has 2 aliphatic rings. The molecule has 0 unspecified atom stereocenters. The van der Waals surface area contributed by atoms with Gasteiger partial charge in [-0.3, -0.25) is 19.2 Å². The highest BCUT2D eigenvalue weighted by Gasteiger charge is 2.42. The molecule has 0 radical (unpaired) electrons. The largest absolute Gasteiger partial charge is 0.347 e. The molecule has 1 aromatic heterocycles. The standard InChI is InChI=1S/C23H25N5O4/c1-14(21(31)25-17-6-3-5-16(13-17)15(2)29)28-12-10-23(9-8-19(28)30)26-20-18(22(32)27-23)7-4-11-24-20/h3-7,11,13-14H,8-10,12H2,1-2H3,(H,24,26)(H,25,31)(H,27,32)/t14-,23-/m0/s1. The van der Waals surface area contributed by atoms with E-state index in [1.165, 1.54) is 11.8 Å². The predicted octanol–water partition coefficient (Wildman–Crippen LogP) is 2.18. The molecule has 2 aromatic rings. The Hall–Kier alpha value is -3.75. The molecule has 166 valence electrons. The van der Waals surface area contributed by atoms with Gasteiger partial charge in [-0.05, 0) is 44.5 Å². The third-order valence-corrected chi connectivity index (χ3v) is 6.01. The lowest BCUT2D eigenvalue weighted by molar-refractivity contribution is -0.137.